The highest BCUT2D eigenvalue weighted by atomic mass is 16.5. The first kappa shape index (κ1) is 16.3. The molecule has 1 heterocycles. The van der Waals surface area contributed by atoms with E-state index in [4.69, 9.17) is 4.74 Å². The molecule has 0 amide bonds. The Labute approximate surface area is 129 Å². The van der Waals surface area contributed by atoms with E-state index in [9.17, 15) is 0 Å². The monoisotopic (exact) mass is 290 g/mol. The van der Waals surface area contributed by atoms with Crippen LogP contribution in [-0.4, -0.2) is 37.7 Å². The lowest BCUT2D eigenvalue weighted by Crippen LogP contribution is -2.38. The summed E-state index contributed by atoms with van der Waals surface area (Å²) in [5.74, 6) is 0.970. The van der Waals surface area contributed by atoms with E-state index in [0.717, 1.165) is 24.9 Å². The van der Waals surface area contributed by atoms with Gasteiger partial charge in [-0.1, -0.05) is 18.6 Å². The zero-order valence-electron chi connectivity index (χ0n) is 13.8. The van der Waals surface area contributed by atoms with Gasteiger partial charge in [-0.2, -0.15) is 0 Å². The van der Waals surface area contributed by atoms with E-state index >= 15 is 0 Å². The summed E-state index contributed by atoms with van der Waals surface area (Å²) < 4.78 is 5.29. The molecule has 1 N–H and O–H groups in total. The number of hydrogen-bond acceptors (Lipinski definition) is 3. The molecule has 3 heteroatoms. The number of piperidine rings is 1. The third-order valence-corrected chi connectivity index (χ3v) is 4.53. The van der Waals surface area contributed by atoms with Crippen LogP contribution >= 0.6 is 0 Å². The largest absolute Gasteiger partial charge is 0.496 e. The van der Waals surface area contributed by atoms with E-state index < -0.39 is 0 Å². The van der Waals surface area contributed by atoms with Gasteiger partial charge in [0, 0.05) is 12.6 Å². The molecule has 0 spiro atoms. The molecule has 1 atom stereocenters. The molecule has 118 valence electrons. The maximum atomic E-state index is 5.29. The fourth-order valence-corrected chi connectivity index (χ4v) is 3.18. The van der Waals surface area contributed by atoms with E-state index in [1.807, 2.05) is 0 Å². The van der Waals surface area contributed by atoms with Crippen molar-refractivity contribution in [2.45, 2.75) is 52.1 Å². The lowest BCUT2D eigenvalue weighted by molar-refractivity contribution is 0.159. The minimum Gasteiger partial charge on any atom is -0.496 e. The fraction of sp³-hybridized carbons (Fsp3) is 0.667. The summed E-state index contributed by atoms with van der Waals surface area (Å²) in [6.45, 7) is 9.02. The molecule has 0 aromatic heterocycles. The Balaban J connectivity index is 1.64. The van der Waals surface area contributed by atoms with E-state index in [-0.39, 0.29) is 0 Å². The highest BCUT2D eigenvalue weighted by Gasteiger charge is 2.16. The van der Waals surface area contributed by atoms with Crippen LogP contribution in [-0.2, 0) is 6.54 Å². The Bertz CT molecular complexity index is 433. The molecule has 0 radical (unpaired) electrons. The standard InChI is InChI=1S/C18H30N2O/c1-15-13-17(8-9-18(15)21-3)14-19-10-6-12-20-11-5-4-7-16(20)2/h8-9,13,16,19H,4-7,10-12,14H2,1-3H3. The second-order valence-corrected chi connectivity index (χ2v) is 6.22. The second-order valence-electron chi connectivity index (χ2n) is 6.22. The number of benzene rings is 1. The zero-order valence-corrected chi connectivity index (χ0v) is 13.8. The summed E-state index contributed by atoms with van der Waals surface area (Å²) in [6, 6.07) is 7.19. The average Bonchev–Trinajstić information content (AvgIpc) is 2.49. The van der Waals surface area contributed by atoms with Crippen molar-refractivity contribution < 1.29 is 4.74 Å². The predicted molar refractivity (Wildman–Crippen MR) is 88.9 cm³/mol. The van der Waals surface area contributed by atoms with Gasteiger partial charge in [-0.3, -0.25) is 0 Å². The molecule has 0 saturated carbocycles. The minimum atomic E-state index is 0.781. The summed E-state index contributed by atoms with van der Waals surface area (Å²) in [6.07, 6.45) is 5.40. The van der Waals surface area contributed by atoms with Gasteiger partial charge in [-0.05, 0) is 69.9 Å². The SMILES string of the molecule is COc1ccc(CNCCCN2CCCCC2C)cc1C. The fourth-order valence-electron chi connectivity index (χ4n) is 3.18. The second kappa shape index (κ2) is 8.40. The molecule has 2 rings (SSSR count). The van der Waals surface area contributed by atoms with Crippen LogP contribution < -0.4 is 10.1 Å². The third-order valence-electron chi connectivity index (χ3n) is 4.53. The molecule has 1 unspecified atom stereocenters. The summed E-state index contributed by atoms with van der Waals surface area (Å²) in [5.41, 5.74) is 2.54. The van der Waals surface area contributed by atoms with Gasteiger partial charge in [-0.25, -0.2) is 0 Å². The Morgan fingerprint density at radius 3 is 2.90 bits per heavy atom. The van der Waals surface area contributed by atoms with Crippen LogP contribution in [0.5, 0.6) is 5.75 Å². The first-order valence-corrected chi connectivity index (χ1v) is 8.29. The topological polar surface area (TPSA) is 24.5 Å². The van der Waals surface area contributed by atoms with Crippen LogP contribution in [0.4, 0.5) is 0 Å². The van der Waals surface area contributed by atoms with Crippen LogP contribution in [0.15, 0.2) is 18.2 Å². The minimum absolute atomic E-state index is 0.781. The molecule has 1 aromatic rings. The van der Waals surface area contributed by atoms with Crippen molar-refractivity contribution in [2.24, 2.45) is 0 Å². The summed E-state index contributed by atoms with van der Waals surface area (Å²) in [7, 11) is 1.72. The number of aryl methyl sites for hydroxylation is 1. The van der Waals surface area contributed by atoms with Gasteiger partial charge in [0.2, 0.25) is 0 Å². The lowest BCUT2D eigenvalue weighted by Gasteiger charge is -2.33. The summed E-state index contributed by atoms with van der Waals surface area (Å²) >= 11 is 0. The van der Waals surface area contributed by atoms with Gasteiger partial charge in [0.15, 0.2) is 0 Å². The number of methoxy groups -OCH3 is 1. The van der Waals surface area contributed by atoms with E-state index in [0.29, 0.717) is 0 Å². The Hall–Kier alpha value is -1.06. The number of ether oxygens (including phenoxy) is 1. The van der Waals surface area contributed by atoms with Crippen LogP contribution in [0.2, 0.25) is 0 Å². The molecule has 1 aliphatic heterocycles. The number of nitrogens with one attached hydrogen (secondary N) is 1. The van der Waals surface area contributed by atoms with Gasteiger partial charge in [0.1, 0.15) is 5.75 Å². The van der Waals surface area contributed by atoms with Crippen molar-refractivity contribution in [3.63, 3.8) is 0 Å². The number of likely N-dealkylation sites (tertiary alicyclic amines) is 1. The summed E-state index contributed by atoms with van der Waals surface area (Å²) in [4.78, 5) is 2.64. The van der Waals surface area contributed by atoms with E-state index in [2.05, 4.69) is 42.3 Å². The molecule has 21 heavy (non-hydrogen) atoms. The first-order valence-electron chi connectivity index (χ1n) is 8.29. The highest BCUT2D eigenvalue weighted by molar-refractivity contribution is 5.36. The molecular weight excluding hydrogens is 260 g/mol. The van der Waals surface area contributed by atoms with E-state index in [1.165, 1.54) is 49.9 Å². The van der Waals surface area contributed by atoms with Crippen LogP contribution in [0.1, 0.15) is 43.7 Å². The Morgan fingerprint density at radius 1 is 1.33 bits per heavy atom. The van der Waals surface area contributed by atoms with E-state index in [1.54, 1.807) is 7.11 Å². The van der Waals surface area contributed by atoms with Gasteiger partial charge >= 0.3 is 0 Å². The first-order chi connectivity index (χ1) is 10.2. The van der Waals surface area contributed by atoms with Gasteiger partial charge in [-0.15, -0.1) is 0 Å². The highest BCUT2D eigenvalue weighted by Crippen LogP contribution is 2.18. The summed E-state index contributed by atoms with van der Waals surface area (Å²) in [5, 5.41) is 3.55. The molecule has 0 bridgehead atoms. The number of nitrogens with zero attached hydrogens (tertiary/aromatic N) is 1. The maximum absolute atomic E-state index is 5.29. The quantitative estimate of drug-likeness (QED) is 0.779. The maximum Gasteiger partial charge on any atom is 0.121 e. The van der Waals surface area contributed by atoms with Gasteiger partial charge in [0.05, 0.1) is 7.11 Å². The van der Waals surface area contributed by atoms with Crippen molar-refractivity contribution in [1.29, 1.82) is 0 Å². The van der Waals surface area contributed by atoms with Crippen LogP contribution in [0.25, 0.3) is 0 Å². The van der Waals surface area contributed by atoms with Crippen molar-refractivity contribution in [1.82, 2.24) is 10.2 Å². The Kier molecular flexibility index (Phi) is 6.52. The van der Waals surface area contributed by atoms with Crippen molar-refractivity contribution in [2.75, 3.05) is 26.7 Å². The molecule has 1 fully saturated rings. The molecular formula is C18H30N2O. The lowest BCUT2D eigenvalue weighted by atomic mass is 10.0. The molecule has 1 aliphatic rings. The molecule has 0 aliphatic carbocycles. The molecule has 1 aromatic carbocycles. The zero-order chi connectivity index (χ0) is 15.1. The third kappa shape index (κ3) is 5.01. The van der Waals surface area contributed by atoms with Crippen molar-refractivity contribution >= 4 is 0 Å². The molecule has 1 saturated heterocycles. The normalized spacial score (nSPS) is 19.7. The molecule has 3 nitrogen and oxygen atoms in total. The van der Waals surface area contributed by atoms with Gasteiger partial charge < -0.3 is 15.0 Å². The number of rotatable bonds is 7. The predicted octanol–water partition coefficient (Wildman–Crippen LogP) is 3.36. The number of hydrogen-bond donors (Lipinski definition) is 1. The van der Waals surface area contributed by atoms with Crippen LogP contribution in [0.3, 0.4) is 0 Å². The van der Waals surface area contributed by atoms with Crippen molar-refractivity contribution in [3.8, 4) is 5.75 Å². The smallest absolute Gasteiger partial charge is 0.121 e. The average molecular weight is 290 g/mol. The Morgan fingerprint density at radius 2 is 2.19 bits per heavy atom. The van der Waals surface area contributed by atoms with Crippen molar-refractivity contribution in [3.05, 3.63) is 29.3 Å². The van der Waals surface area contributed by atoms with Gasteiger partial charge in [0.25, 0.3) is 0 Å². The van der Waals surface area contributed by atoms with Crippen LogP contribution in [0, 0.1) is 6.92 Å².